The van der Waals surface area contributed by atoms with Crippen LogP contribution in [0.4, 0.5) is 10.2 Å². The van der Waals surface area contributed by atoms with Crippen molar-refractivity contribution in [3.63, 3.8) is 0 Å². The summed E-state index contributed by atoms with van der Waals surface area (Å²) in [4.78, 5) is 28.0. The molecule has 0 unspecified atom stereocenters. The molecule has 0 aliphatic carbocycles. The molecule has 3 heterocycles. The quantitative estimate of drug-likeness (QED) is 0.746. The summed E-state index contributed by atoms with van der Waals surface area (Å²) in [6.45, 7) is 7.34. The Balaban J connectivity index is 1.60. The number of carbonyl (C=O) groups excluding carboxylic acids is 1. The van der Waals surface area contributed by atoms with Gasteiger partial charge in [-0.3, -0.25) is 4.79 Å². The van der Waals surface area contributed by atoms with Crippen LogP contribution in [0.2, 0.25) is 0 Å². The molecule has 1 aromatic heterocycles. The second-order valence-electron chi connectivity index (χ2n) is 10.2. The van der Waals surface area contributed by atoms with Gasteiger partial charge in [0.05, 0.1) is 5.41 Å². The summed E-state index contributed by atoms with van der Waals surface area (Å²) in [6, 6.07) is 8.57. The van der Waals surface area contributed by atoms with E-state index in [0.717, 1.165) is 68.2 Å². The van der Waals surface area contributed by atoms with Crippen LogP contribution in [0.1, 0.15) is 49.7 Å². The molecule has 0 spiro atoms. The van der Waals surface area contributed by atoms with Crippen LogP contribution >= 0.6 is 0 Å². The number of carbonyl (C=O) groups is 1. The van der Waals surface area contributed by atoms with Crippen molar-refractivity contribution in [3.05, 3.63) is 53.2 Å². The maximum atomic E-state index is 14.1. The van der Waals surface area contributed by atoms with Crippen LogP contribution in [0.3, 0.4) is 0 Å². The third-order valence-electron chi connectivity index (χ3n) is 7.49. The summed E-state index contributed by atoms with van der Waals surface area (Å²) < 4.78 is 13.5. The van der Waals surface area contributed by atoms with Gasteiger partial charge in [0.1, 0.15) is 17.5 Å². The number of anilines is 1. The van der Waals surface area contributed by atoms with Crippen LogP contribution < -0.4 is 5.32 Å². The minimum atomic E-state index is -0.452. The molecular formula is C26H36FN5O. The molecular weight excluding hydrogens is 417 g/mol. The summed E-state index contributed by atoms with van der Waals surface area (Å²) in [5.41, 5.74) is 1.21. The maximum Gasteiger partial charge on any atom is 0.229 e. The highest BCUT2D eigenvalue weighted by atomic mass is 19.1. The molecule has 2 fully saturated rings. The highest BCUT2D eigenvalue weighted by Gasteiger charge is 2.46. The third kappa shape index (κ3) is 5.03. The Morgan fingerprint density at radius 2 is 1.82 bits per heavy atom. The van der Waals surface area contributed by atoms with Crippen molar-refractivity contribution in [2.75, 3.05) is 45.6 Å². The standard InChI is InChI=1S/C26H36FN5O/c1-19-16-22(28-3)30-23(29-19)25(2)10-5-13-32(18-25)24(33)26(11-14-31(4)15-12-26)17-20-6-8-21(27)9-7-20/h6-9,16H,5,10-15,17-18H2,1-4H3,(H,28,29,30)/t25-/m1/s1. The molecule has 33 heavy (non-hydrogen) atoms. The van der Waals surface area contributed by atoms with Gasteiger partial charge in [0.15, 0.2) is 0 Å². The molecule has 4 rings (SSSR count). The van der Waals surface area contributed by atoms with E-state index in [1.165, 1.54) is 12.1 Å². The molecule has 2 aliphatic rings. The number of rotatable bonds is 5. The van der Waals surface area contributed by atoms with Gasteiger partial charge in [-0.1, -0.05) is 19.1 Å². The zero-order valence-electron chi connectivity index (χ0n) is 20.3. The third-order valence-corrected chi connectivity index (χ3v) is 7.49. The minimum Gasteiger partial charge on any atom is -0.373 e. The van der Waals surface area contributed by atoms with Gasteiger partial charge >= 0.3 is 0 Å². The first-order valence-corrected chi connectivity index (χ1v) is 12.0. The van der Waals surface area contributed by atoms with Gasteiger partial charge < -0.3 is 15.1 Å². The van der Waals surface area contributed by atoms with Crippen molar-refractivity contribution < 1.29 is 9.18 Å². The van der Waals surface area contributed by atoms with E-state index in [0.29, 0.717) is 13.0 Å². The van der Waals surface area contributed by atoms with Crippen LogP contribution in [0.15, 0.2) is 30.3 Å². The number of aromatic nitrogens is 2. The molecule has 1 N–H and O–H groups in total. The second-order valence-corrected chi connectivity index (χ2v) is 10.2. The van der Waals surface area contributed by atoms with Crippen LogP contribution in [-0.4, -0.2) is 65.9 Å². The van der Waals surface area contributed by atoms with E-state index in [4.69, 9.17) is 9.97 Å². The van der Waals surface area contributed by atoms with E-state index in [2.05, 4.69) is 29.1 Å². The molecule has 0 radical (unpaired) electrons. The van der Waals surface area contributed by atoms with Gasteiger partial charge in [-0.25, -0.2) is 14.4 Å². The number of benzene rings is 1. The van der Waals surface area contributed by atoms with Crippen molar-refractivity contribution >= 4 is 11.7 Å². The molecule has 2 aromatic rings. The zero-order valence-corrected chi connectivity index (χ0v) is 20.3. The van der Waals surface area contributed by atoms with Crippen molar-refractivity contribution in [1.82, 2.24) is 19.8 Å². The van der Waals surface area contributed by atoms with Gasteiger partial charge in [0.2, 0.25) is 5.91 Å². The lowest BCUT2D eigenvalue weighted by Gasteiger charge is -2.46. The Morgan fingerprint density at radius 3 is 2.48 bits per heavy atom. The fourth-order valence-corrected chi connectivity index (χ4v) is 5.40. The molecule has 1 aromatic carbocycles. The average molecular weight is 454 g/mol. The van der Waals surface area contributed by atoms with E-state index in [1.807, 2.05) is 32.2 Å². The van der Waals surface area contributed by atoms with E-state index in [-0.39, 0.29) is 17.1 Å². The fraction of sp³-hybridized carbons (Fsp3) is 0.577. The predicted molar refractivity (Wildman–Crippen MR) is 129 cm³/mol. The lowest BCUT2D eigenvalue weighted by atomic mass is 9.71. The number of amides is 1. The van der Waals surface area contributed by atoms with Crippen LogP contribution in [0, 0.1) is 18.2 Å². The topological polar surface area (TPSA) is 61.4 Å². The fourth-order valence-electron chi connectivity index (χ4n) is 5.40. The number of nitrogens with one attached hydrogen (secondary N) is 1. The first-order valence-electron chi connectivity index (χ1n) is 12.0. The zero-order chi connectivity index (χ0) is 23.6. The van der Waals surface area contributed by atoms with E-state index in [9.17, 15) is 9.18 Å². The Morgan fingerprint density at radius 1 is 1.12 bits per heavy atom. The largest absolute Gasteiger partial charge is 0.373 e. The average Bonchev–Trinajstić information content (AvgIpc) is 2.81. The molecule has 1 atom stereocenters. The molecule has 2 saturated heterocycles. The highest BCUT2D eigenvalue weighted by Crippen LogP contribution is 2.40. The number of aryl methyl sites for hydroxylation is 1. The summed E-state index contributed by atoms with van der Waals surface area (Å²) in [5, 5.41) is 3.13. The maximum absolute atomic E-state index is 14.1. The van der Waals surface area contributed by atoms with Crippen molar-refractivity contribution in [2.24, 2.45) is 5.41 Å². The number of halogens is 1. The Kier molecular flexibility index (Phi) is 6.71. The molecule has 2 aliphatic heterocycles. The van der Waals surface area contributed by atoms with Crippen LogP contribution in [0.5, 0.6) is 0 Å². The second kappa shape index (κ2) is 9.37. The number of likely N-dealkylation sites (tertiary alicyclic amines) is 2. The number of nitrogens with zero attached hydrogens (tertiary/aromatic N) is 4. The molecule has 178 valence electrons. The van der Waals surface area contributed by atoms with Gasteiger partial charge in [-0.05, 0) is 76.9 Å². The normalized spacial score (nSPS) is 23.4. The Bertz CT molecular complexity index is 987. The van der Waals surface area contributed by atoms with Crippen LogP contribution in [-0.2, 0) is 16.6 Å². The molecule has 6 nitrogen and oxygen atoms in total. The summed E-state index contributed by atoms with van der Waals surface area (Å²) >= 11 is 0. The highest BCUT2D eigenvalue weighted by molar-refractivity contribution is 5.83. The summed E-state index contributed by atoms with van der Waals surface area (Å²) in [7, 11) is 3.97. The van der Waals surface area contributed by atoms with Gasteiger partial charge in [-0.15, -0.1) is 0 Å². The van der Waals surface area contributed by atoms with E-state index < -0.39 is 5.41 Å². The SMILES string of the molecule is CNc1cc(C)nc([C@]2(C)CCCN(C(=O)C3(Cc4ccc(F)cc4)CCN(C)CC3)C2)n1. The Hall–Kier alpha value is -2.54. The minimum absolute atomic E-state index is 0.229. The van der Waals surface area contributed by atoms with E-state index in [1.54, 1.807) is 0 Å². The first-order chi connectivity index (χ1) is 15.7. The first kappa shape index (κ1) is 23.6. The van der Waals surface area contributed by atoms with Crippen molar-refractivity contribution in [3.8, 4) is 0 Å². The van der Waals surface area contributed by atoms with Gasteiger partial charge in [0.25, 0.3) is 0 Å². The smallest absolute Gasteiger partial charge is 0.229 e. The molecule has 0 saturated carbocycles. The number of hydrogen-bond donors (Lipinski definition) is 1. The van der Waals surface area contributed by atoms with Gasteiger partial charge in [0, 0.05) is 37.3 Å². The number of hydrogen-bond acceptors (Lipinski definition) is 5. The van der Waals surface area contributed by atoms with Crippen LogP contribution in [0.25, 0.3) is 0 Å². The molecule has 0 bridgehead atoms. The monoisotopic (exact) mass is 453 g/mol. The Labute approximate surface area is 196 Å². The lowest BCUT2D eigenvalue weighted by Crippen LogP contribution is -2.55. The van der Waals surface area contributed by atoms with Crippen molar-refractivity contribution in [1.29, 1.82) is 0 Å². The molecule has 1 amide bonds. The van der Waals surface area contributed by atoms with Crippen molar-refractivity contribution in [2.45, 2.75) is 51.4 Å². The number of piperidine rings is 2. The van der Waals surface area contributed by atoms with Gasteiger partial charge in [-0.2, -0.15) is 0 Å². The van der Waals surface area contributed by atoms with E-state index >= 15 is 0 Å². The lowest BCUT2D eigenvalue weighted by molar-refractivity contribution is -0.147. The predicted octanol–water partition coefficient (Wildman–Crippen LogP) is 3.80. The summed E-state index contributed by atoms with van der Waals surface area (Å²) in [5.74, 6) is 1.60. The summed E-state index contributed by atoms with van der Waals surface area (Å²) in [6.07, 6.45) is 4.17. The molecule has 7 heteroatoms.